The van der Waals surface area contributed by atoms with E-state index in [0.717, 1.165) is 10.0 Å². The molecule has 1 aliphatic heterocycles. The maximum Gasteiger partial charge on any atom is 0.342 e. The van der Waals surface area contributed by atoms with E-state index in [-0.39, 0.29) is 5.97 Å². The van der Waals surface area contributed by atoms with Crippen LogP contribution in [-0.2, 0) is 10.5 Å². The third kappa shape index (κ3) is 2.39. The van der Waals surface area contributed by atoms with E-state index in [1.54, 1.807) is 6.07 Å². The van der Waals surface area contributed by atoms with E-state index in [1.165, 1.54) is 0 Å². The number of benzene rings is 3. The van der Waals surface area contributed by atoms with Gasteiger partial charge in [0, 0.05) is 10.0 Å². The van der Waals surface area contributed by atoms with Crippen molar-refractivity contribution in [1.82, 2.24) is 0 Å². The van der Waals surface area contributed by atoms with Crippen LogP contribution >= 0.6 is 15.9 Å². The van der Waals surface area contributed by atoms with Crippen LogP contribution in [0.2, 0.25) is 0 Å². The number of rotatable bonds is 3. The van der Waals surface area contributed by atoms with Gasteiger partial charge in [0.25, 0.3) is 0 Å². The summed E-state index contributed by atoms with van der Waals surface area (Å²) in [6.45, 7) is 0. The van der Waals surface area contributed by atoms with Crippen molar-refractivity contribution in [2.75, 3.05) is 0 Å². The Bertz CT molecular complexity index is 890. The number of cyclic esters (lactones) is 1. The van der Waals surface area contributed by atoms with Crippen LogP contribution < -0.4 is 4.74 Å². The largest absolute Gasteiger partial charge is 0.444 e. The summed E-state index contributed by atoms with van der Waals surface area (Å²) in [6, 6.07) is 24.3. The third-order valence-electron chi connectivity index (χ3n) is 3.97. The van der Waals surface area contributed by atoms with Crippen molar-refractivity contribution in [2.45, 2.75) is 5.79 Å². The highest BCUT2D eigenvalue weighted by atomic mass is 79.9. The zero-order valence-corrected chi connectivity index (χ0v) is 14.2. The first-order valence-corrected chi connectivity index (χ1v) is 8.31. The van der Waals surface area contributed by atoms with Crippen LogP contribution in [0.4, 0.5) is 0 Å². The molecule has 0 spiro atoms. The quantitative estimate of drug-likeness (QED) is 0.606. The predicted octanol–water partition coefficient (Wildman–Crippen LogP) is 4.90. The van der Waals surface area contributed by atoms with Crippen LogP contribution in [0.15, 0.2) is 83.3 Å². The molecule has 4 heteroatoms. The molecule has 0 N–H and O–H groups in total. The maximum absolute atomic E-state index is 12.4. The van der Waals surface area contributed by atoms with Gasteiger partial charge in [-0.05, 0) is 36.4 Å². The Morgan fingerprint density at radius 1 is 0.833 bits per heavy atom. The van der Waals surface area contributed by atoms with Crippen LogP contribution in [0.25, 0.3) is 0 Å². The Morgan fingerprint density at radius 2 is 1.50 bits per heavy atom. The number of fused-ring (bicyclic) bond motifs is 1. The van der Waals surface area contributed by atoms with Gasteiger partial charge in [-0.25, -0.2) is 4.79 Å². The molecule has 3 aromatic carbocycles. The Morgan fingerprint density at radius 3 is 2.25 bits per heavy atom. The molecule has 0 fully saturated rings. The zero-order chi connectivity index (χ0) is 16.6. The fraction of sp³-hybridized carbons (Fsp3) is 0.0500. The lowest BCUT2D eigenvalue weighted by atomic mass is 9.95. The average molecular weight is 381 g/mol. The molecule has 1 aliphatic rings. The minimum Gasteiger partial charge on any atom is -0.444 e. The van der Waals surface area contributed by atoms with Crippen LogP contribution in [0.1, 0.15) is 21.5 Å². The van der Waals surface area contributed by atoms with Gasteiger partial charge in [-0.3, -0.25) is 0 Å². The van der Waals surface area contributed by atoms with Gasteiger partial charge in [-0.1, -0.05) is 58.4 Å². The van der Waals surface area contributed by atoms with Crippen molar-refractivity contribution in [1.29, 1.82) is 0 Å². The van der Waals surface area contributed by atoms with E-state index in [9.17, 15) is 4.79 Å². The topological polar surface area (TPSA) is 35.5 Å². The highest BCUT2D eigenvalue weighted by Gasteiger charge is 2.49. The molecule has 0 amide bonds. The molecular weight excluding hydrogens is 368 g/mol. The molecule has 1 unspecified atom stereocenters. The normalized spacial score (nSPS) is 18.8. The second kappa shape index (κ2) is 5.80. The lowest BCUT2D eigenvalue weighted by Crippen LogP contribution is -2.34. The summed E-state index contributed by atoms with van der Waals surface area (Å²) in [5.74, 6) is -1.04. The molecule has 24 heavy (non-hydrogen) atoms. The standard InChI is InChI=1S/C20H13BrO3/c21-15-10-12-16(13-11-15)23-20(14-6-2-1-3-7-14)18-9-5-4-8-17(18)19(22)24-20/h1-13H. The SMILES string of the molecule is O=C1OC(Oc2ccc(Br)cc2)(c2ccccc2)c2ccccc21. The van der Waals surface area contributed by atoms with Crippen molar-refractivity contribution in [3.63, 3.8) is 0 Å². The maximum atomic E-state index is 12.4. The molecule has 0 aromatic heterocycles. The Hall–Kier alpha value is -2.59. The molecule has 0 saturated carbocycles. The van der Waals surface area contributed by atoms with Gasteiger partial charge in [0.1, 0.15) is 5.75 Å². The van der Waals surface area contributed by atoms with E-state index >= 15 is 0 Å². The highest BCUT2D eigenvalue weighted by Crippen LogP contribution is 2.43. The average Bonchev–Trinajstić information content (AvgIpc) is 2.91. The van der Waals surface area contributed by atoms with E-state index in [4.69, 9.17) is 9.47 Å². The molecule has 0 saturated heterocycles. The number of halogens is 1. The second-order valence-electron chi connectivity index (χ2n) is 5.47. The number of hydrogen-bond acceptors (Lipinski definition) is 3. The van der Waals surface area contributed by atoms with Gasteiger partial charge in [-0.15, -0.1) is 0 Å². The lowest BCUT2D eigenvalue weighted by Gasteiger charge is -2.30. The molecule has 118 valence electrons. The van der Waals surface area contributed by atoms with Crippen LogP contribution in [0, 0.1) is 0 Å². The molecule has 4 rings (SSSR count). The fourth-order valence-electron chi connectivity index (χ4n) is 2.86. The summed E-state index contributed by atoms with van der Waals surface area (Å²) in [6.07, 6.45) is 0. The molecule has 3 nitrogen and oxygen atoms in total. The van der Waals surface area contributed by atoms with Gasteiger partial charge in [0.15, 0.2) is 0 Å². The summed E-state index contributed by atoms with van der Waals surface area (Å²) in [5, 5.41) is 0. The van der Waals surface area contributed by atoms with Crippen LogP contribution in [-0.4, -0.2) is 5.97 Å². The molecular formula is C20H13BrO3. The number of ether oxygens (including phenoxy) is 2. The minimum atomic E-state index is -1.28. The van der Waals surface area contributed by atoms with Crippen molar-refractivity contribution >= 4 is 21.9 Å². The minimum absolute atomic E-state index is 0.383. The van der Waals surface area contributed by atoms with Gasteiger partial charge in [-0.2, -0.15) is 0 Å². The smallest absolute Gasteiger partial charge is 0.342 e. The monoisotopic (exact) mass is 380 g/mol. The van der Waals surface area contributed by atoms with Crippen molar-refractivity contribution in [3.05, 3.63) is 100 Å². The summed E-state index contributed by atoms with van der Waals surface area (Å²) in [5.41, 5.74) is 2.01. The van der Waals surface area contributed by atoms with Gasteiger partial charge >= 0.3 is 11.8 Å². The highest BCUT2D eigenvalue weighted by molar-refractivity contribution is 9.10. The Labute approximate surface area is 148 Å². The molecule has 0 radical (unpaired) electrons. The first-order valence-electron chi connectivity index (χ1n) is 7.52. The Kier molecular flexibility index (Phi) is 3.62. The van der Waals surface area contributed by atoms with Crippen LogP contribution in [0.5, 0.6) is 5.75 Å². The van der Waals surface area contributed by atoms with E-state index < -0.39 is 5.79 Å². The van der Waals surface area contributed by atoms with E-state index in [2.05, 4.69) is 15.9 Å². The molecule has 3 aromatic rings. The molecule has 0 bridgehead atoms. The number of hydrogen-bond donors (Lipinski definition) is 0. The third-order valence-corrected chi connectivity index (χ3v) is 4.50. The van der Waals surface area contributed by atoms with Crippen molar-refractivity contribution in [2.24, 2.45) is 0 Å². The van der Waals surface area contributed by atoms with E-state index in [0.29, 0.717) is 16.9 Å². The summed E-state index contributed by atoms with van der Waals surface area (Å²) in [7, 11) is 0. The first kappa shape index (κ1) is 15.0. The number of carbonyl (C=O) groups is 1. The second-order valence-corrected chi connectivity index (χ2v) is 6.39. The van der Waals surface area contributed by atoms with E-state index in [1.807, 2.05) is 72.8 Å². The summed E-state index contributed by atoms with van der Waals surface area (Å²) >= 11 is 3.41. The summed E-state index contributed by atoms with van der Waals surface area (Å²) in [4.78, 5) is 12.4. The van der Waals surface area contributed by atoms with Crippen LogP contribution in [0.3, 0.4) is 0 Å². The van der Waals surface area contributed by atoms with Gasteiger partial charge < -0.3 is 9.47 Å². The van der Waals surface area contributed by atoms with Gasteiger partial charge in [0.2, 0.25) is 0 Å². The summed E-state index contributed by atoms with van der Waals surface area (Å²) < 4.78 is 13.0. The molecule has 0 aliphatic carbocycles. The Balaban J connectivity index is 1.89. The first-order chi connectivity index (χ1) is 11.7. The number of esters is 1. The fourth-order valence-corrected chi connectivity index (χ4v) is 3.13. The molecule has 1 atom stereocenters. The zero-order valence-electron chi connectivity index (χ0n) is 12.6. The lowest BCUT2D eigenvalue weighted by molar-refractivity contribution is -0.108. The molecule has 1 heterocycles. The number of carbonyl (C=O) groups excluding carboxylic acids is 1. The predicted molar refractivity (Wildman–Crippen MR) is 93.8 cm³/mol. The van der Waals surface area contributed by atoms with Crippen molar-refractivity contribution in [3.8, 4) is 5.75 Å². The van der Waals surface area contributed by atoms with Crippen molar-refractivity contribution < 1.29 is 14.3 Å². The van der Waals surface area contributed by atoms with Gasteiger partial charge in [0.05, 0.1) is 11.1 Å².